The Bertz CT molecular complexity index is 602. The van der Waals surface area contributed by atoms with Crippen LogP contribution in [-0.4, -0.2) is 29.1 Å². The van der Waals surface area contributed by atoms with Gasteiger partial charge in [-0.2, -0.15) is 0 Å². The molecule has 4 heteroatoms. The first-order chi connectivity index (χ1) is 9.55. The first-order valence-corrected chi connectivity index (χ1v) is 8.39. The zero-order valence-corrected chi connectivity index (χ0v) is 13.4. The number of nitrogens with one attached hydrogen (secondary N) is 1. The summed E-state index contributed by atoms with van der Waals surface area (Å²) in [5.74, 6) is 0.307. The molecule has 20 heavy (non-hydrogen) atoms. The second kappa shape index (κ2) is 4.27. The van der Waals surface area contributed by atoms with Crippen LogP contribution >= 0.6 is 22.6 Å². The molecule has 2 aliphatic carbocycles. The average molecular weight is 383 g/mol. The maximum absolute atomic E-state index is 12.1. The highest BCUT2D eigenvalue weighted by atomic mass is 127. The van der Waals surface area contributed by atoms with Crippen LogP contribution < -0.4 is 5.32 Å². The van der Waals surface area contributed by atoms with Gasteiger partial charge in [0.05, 0.1) is 5.60 Å². The summed E-state index contributed by atoms with van der Waals surface area (Å²) in [6, 6.07) is 6.59. The molecule has 1 saturated heterocycles. The third-order valence-corrected chi connectivity index (χ3v) is 6.31. The van der Waals surface area contributed by atoms with Crippen LogP contribution in [0.2, 0.25) is 0 Å². The molecule has 106 valence electrons. The molecule has 0 radical (unpaired) electrons. The van der Waals surface area contributed by atoms with E-state index in [0.29, 0.717) is 25.0 Å². The van der Waals surface area contributed by atoms with Gasteiger partial charge in [-0.1, -0.05) is 6.07 Å². The number of Topliss-reactive ketones (excluding diaryl/α,β-unsaturated/α-hetero) is 1. The fraction of sp³-hybridized carbons (Fsp3) is 0.562. The highest BCUT2D eigenvalue weighted by Crippen LogP contribution is 2.55. The van der Waals surface area contributed by atoms with Gasteiger partial charge in [-0.3, -0.25) is 4.79 Å². The van der Waals surface area contributed by atoms with Crippen molar-refractivity contribution in [2.24, 2.45) is 0 Å². The molecule has 1 heterocycles. The largest absolute Gasteiger partial charge is 0.387 e. The van der Waals surface area contributed by atoms with Crippen molar-refractivity contribution in [3.63, 3.8) is 0 Å². The van der Waals surface area contributed by atoms with E-state index in [-0.39, 0.29) is 11.5 Å². The van der Waals surface area contributed by atoms with E-state index in [9.17, 15) is 9.90 Å². The molecular formula is C16H18INO2. The quantitative estimate of drug-likeness (QED) is 0.674. The number of aliphatic hydroxyl groups is 1. The molecular weight excluding hydrogens is 365 g/mol. The van der Waals surface area contributed by atoms with Gasteiger partial charge in [0.1, 0.15) is 5.78 Å². The minimum absolute atomic E-state index is 0.0944. The summed E-state index contributed by atoms with van der Waals surface area (Å²) in [5, 5.41) is 14.9. The number of piperidine rings is 1. The molecule has 1 aromatic rings. The number of carbonyl (C=O) groups is 1. The molecule has 2 bridgehead atoms. The first kappa shape index (κ1) is 13.2. The van der Waals surface area contributed by atoms with Crippen LogP contribution in [-0.2, 0) is 16.6 Å². The van der Waals surface area contributed by atoms with Crippen LogP contribution in [0.5, 0.6) is 0 Å². The molecule has 2 N–H and O–H groups in total. The normalized spacial score (nSPS) is 39.1. The number of carbonyl (C=O) groups excluding carboxylic acids is 1. The van der Waals surface area contributed by atoms with Crippen molar-refractivity contribution in [3.05, 3.63) is 32.9 Å². The summed E-state index contributed by atoms with van der Waals surface area (Å²) in [6.07, 6.45) is 3.37. The molecule has 3 atom stereocenters. The van der Waals surface area contributed by atoms with E-state index in [1.807, 2.05) is 0 Å². The van der Waals surface area contributed by atoms with E-state index >= 15 is 0 Å². The standard InChI is InChI=1S/C16H18INO2/c17-11-2-1-10-7-14-16(20)4-3-12(19)9-15(16,5-6-18-14)13(10)8-11/h1-2,8,14,18,20H,3-7,9H2/t14-,15?,16?/m1/s1. The average Bonchev–Trinajstić information content (AvgIpc) is 2.41. The zero-order valence-electron chi connectivity index (χ0n) is 11.3. The van der Waals surface area contributed by atoms with Crippen molar-refractivity contribution in [1.82, 2.24) is 5.32 Å². The molecule has 1 saturated carbocycles. The minimum Gasteiger partial charge on any atom is -0.387 e. The Hall–Kier alpha value is -0.460. The van der Waals surface area contributed by atoms with Gasteiger partial charge in [0.2, 0.25) is 0 Å². The Morgan fingerprint density at radius 2 is 2.20 bits per heavy atom. The van der Waals surface area contributed by atoms with E-state index in [2.05, 4.69) is 46.1 Å². The van der Waals surface area contributed by atoms with Crippen molar-refractivity contribution in [3.8, 4) is 0 Å². The van der Waals surface area contributed by atoms with E-state index in [4.69, 9.17) is 0 Å². The minimum atomic E-state index is -0.753. The van der Waals surface area contributed by atoms with Crippen molar-refractivity contribution < 1.29 is 9.90 Å². The zero-order chi connectivity index (χ0) is 14.0. The SMILES string of the molecule is O=C1CCC2(O)[C@H]3Cc4ccc(I)cc4C2(CCN3)C1. The summed E-state index contributed by atoms with van der Waals surface area (Å²) >= 11 is 2.32. The molecule has 3 nitrogen and oxygen atoms in total. The Morgan fingerprint density at radius 3 is 3.05 bits per heavy atom. The number of hydrogen-bond donors (Lipinski definition) is 2. The summed E-state index contributed by atoms with van der Waals surface area (Å²) in [4.78, 5) is 12.1. The van der Waals surface area contributed by atoms with E-state index < -0.39 is 5.60 Å². The maximum Gasteiger partial charge on any atom is 0.134 e. The van der Waals surface area contributed by atoms with Crippen molar-refractivity contribution in [1.29, 1.82) is 0 Å². The van der Waals surface area contributed by atoms with Crippen molar-refractivity contribution >= 4 is 28.4 Å². The molecule has 4 rings (SSSR count). The molecule has 0 aromatic heterocycles. The molecule has 3 aliphatic rings. The van der Waals surface area contributed by atoms with Crippen LogP contribution in [0.15, 0.2) is 18.2 Å². The molecule has 1 aliphatic heterocycles. The fourth-order valence-corrected chi connectivity index (χ4v) is 5.18. The van der Waals surface area contributed by atoms with E-state index in [0.717, 1.165) is 19.4 Å². The Balaban J connectivity index is 1.98. The van der Waals surface area contributed by atoms with Gasteiger partial charge < -0.3 is 10.4 Å². The number of ketones is 1. The maximum atomic E-state index is 12.1. The second-order valence-corrected chi connectivity index (χ2v) is 7.73. The lowest BCUT2D eigenvalue weighted by molar-refractivity contribution is -0.149. The van der Waals surface area contributed by atoms with E-state index in [1.165, 1.54) is 14.7 Å². The van der Waals surface area contributed by atoms with Gasteiger partial charge in [0, 0.05) is 27.9 Å². The van der Waals surface area contributed by atoms with Crippen molar-refractivity contribution in [2.45, 2.75) is 49.2 Å². The summed E-state index contributed by atoms with van der Waals surface area (Å²) in [5.41, 5.74) is 1.43. The number of hydrogen-bond acceptors (Lipinski definition) is 3. The highest BCUT2D eigenvalue weighted by molar-refractivity contribution is 14.1. The molecule has 0 spiro atoms. The summed E-state index contributed by atoms with van der Waals surface area (Å²) < 4.78 is 1.19. The Morgan fingerprint density at radius 1 is 1.35 bits per heavy atom. The predicted octanol–water partition coefficient (Wildman–Crippen LogP) is 1.93. The topological polar surface area (TPSA) is 49.3 Å². The predicted molar refractivity (Wildman–Crippen MR) is 84.8 cm³/mol. The van der Waals surface area contributed by atoms with Crippen LogP contribution in [0.1, 0.15) is 36.8 Å². The summed E-state index contributed by atoms with van der Waals surface area (Å²) in [7, 11) is 0. The fourth-order valence-electron chi connectivity index (χ4n) is 4.68. The lowest BCUT2D eigenvalue weighted by atomic mass is 9.50. The van der Waals surface area contributed by atoms with Crippen LogP contribution in [0.25, 0.3) is 0 Å². The molecule has 1 aromatic carbocycles. The highest BCUT2D eigenvalue weighted by Gasteiger charge is 2.62. The number of benzene rings is 1. The van der Waals surface area contributed by atoms with Gasteiger partial charge in [0.15, 0.2) is 0 Å². The lowest BCUT2D eigenvalue weighted by Crippen LogP contribution is -2.72. The smallest absolute Gasteiger partial charge is 0.134 e. The number of rotatable bonds is 0. The van der Waals surface area contributed by atoms with Gasteiger partial charge in [-0.15, -0.1) is 0 Å². The Kier molecular flexibility index (Phi) is 2.82. The first-order valence-electron chi connectivity index (χ1n) is 7.32. The third-order valence-electron chi connectivity index (χ3n) is 5.64. The molecule has 2 unspecified atom stereocenters. The number of fused-ring (bicyclic) bond motifs is 1. The Labute approximate surface area is 132 Å². The van der Waals surface area contributed by atoms with Gasteiger partial charge >= 0.3 is 0 Å². The molecule has 0 amide bonds. The van der Waals surface area contributed by atoms with Crippen LogP contribution in [0.3, 0.4) is 0 Å². The monoisotopic (exact) mass is 383 g/mol. The summed E-state index contributed by atoms with van der Waals surface area (Å²) in [6.45, 7) is 0.894. The second-order valence-electron chi connectivity index (χ2n) is 6.48. The van der Waals surface area contributed by atoms with E-state index in [1.54, 1.807) is 0 Å². The van der Waals surface area contributed by atoms with Crippen molar-refractivity contribution in [2.75, 3.05) is 6.54 Å². The lowest BCUT2D eigenvalue weighted by Gasteiger charge is -2.60. The van der Waals surface area contributed by atoms with Gasteiger partial charge in [-0.05, 0) is 71.7 Å². The third kappa shape index (κ3) is 1.56. The van der Waals surface area contributed by atoms with Crippen LogP contribution in [0, 0.1) is 3.57 Å². The van der Waals surface area contributed by atoms with Gasteiger partial charge in [0.25, 0.3) is 0 Å². The van der Waals surface area contributed by atoms with Crippen LogP contribution in [0.4, 0.5) is 0 Å². The molecule has 2 fully saturated rings. The van der Waals surface area contributed by atoms with Gasteiger partial charge in [-0.25, -0.2) is 0 Å². The number of halogens is 1.